The normalized spacial score (nSPS) is 10.0. The summed E-state index contributed by atoms with van der Waals surface area (Å²) in [4.78, 5) is 13.7. The van der Waals surface area contributed by atoms with Gasteiger partial charge in [-0.25, -0.2) is 0 Å². The zero-order chi connectivity index (χ0) is 15.1. The molecule has 0 saturated heterocycles. The zero-order valence-corrected chi connectivity index (χ0v) is 12.2. The average Bonchev–Trinajstić information content (AvgIpc) is 2.52. The van der Waals surface area contributed by atoms with E-state index in [-0.39, 0.29) is 5.78 Å². The molecule has 0 aliphatic carbocycles. The Bertz CT molecular complexity index is 686. The fraction of sp³-hybridized carbons (Fsp3) is 0.105. The Balaban J connectivity index is 2.09. The number of carbonyl (C=O) groups excluding carboxylic acids is 1. The summed E-state index contributed by atoms with van der Waals surface area (Å²) in [6.07, 6.45) is 3.30. The molecule has 0 amide bonds. The SMILES string of the molecule is CN(C)C=CC(=O)c1ccc(C#Cc2ccccc2)cc1. The third-order valence-electron chi connectivity index (χ3n) is 2.82. The van der Waals surface area contributed by atoms with E-state index in [0.717, 1.165) is 11.1 Å². The molecule has 2 rings (SSSR count). The molecule has 2 aromatic carbocycles. The number of rotatable bonds is 3. The third kappa shape index (κ3) is 4.67. The van der Waals surface area contributed by atoms with Crippen LogP contribution >= 0.6 is 0 Å². The van der Waals surface area contributed by atoms with Gasteiger partial charge in [0.1, 0.15) is 0 Å². The Morgan fingerprint density at radius 2 is 1.48 bits per heavy atom. The number of hydrogen-bond donors (Lipinski definition) is 0. The van der Waals surface area contributed by atoms with Crippen LogP contribution in [-0.4, -0.2) is 24.8 Å². The van der Waals surface area contributed by atoms with Crippen molar-refractivity contribution < 1.29 is 4.79 Å². The molecule has 0 fully saturated rings. The van der Waals surface area contributed by atoms with Gasteiger partial charge in [-0.1, -0.05) is 30.0 Å². The molecule has 0 atom stereocenters. The molecular weight excluding hydrogens is 258 g/mol. The van der Waals surface area contributed by atoms with Crippen molar-refractivity contribution in [3.63, 3.8) is 0 Å². The summed E-state index contributed by atoms with van der Waals surface area (Å²) >= 11 is 0. The van der Waals surface area contributed by atoms with Crippen molar-refractivity contribution in [2.75, 3.05) is 14.1 Å². The molecule has 2 heteroatoms. The Kier molecular flexibility index (Phi) is 4.95. The van der Waals surface area contributed by atoms with E-state index < -0.39 is 0 Å². The molecule has 0 aliphatic rings. The molecule has 0 N–H and O–H groups in total. The molecule has 0 aromatic heterocycles. The summed E-state index contributed by atoms with van der Waals surface area (Å²) in [5, 5.41) is 0. The fourth-order valence-electron chi connectivity index (χ4n) is 1.70. The Morgan fingerprint density at radius 1 is 0.905 bits per heavy atom. The van der Waals surface area contributed by atoms with Gasteiger partial charge in [-0.15, -0.1) is 0 Å². The summed E-state index contributed by atoms with van der Waals surface area (Å²) < 4.78 is 0. The van der Waals surface area contributed by atoms with Gasteiger partial charge in [-0.3, -0.25) is 4.79 Å². The second-order valence-corrected chi connectivity index (χ2v) is 4.84. The maximum absolute atomic E-state index is 11.9. The standard InChI is InChI=1S/C19H17NO/c1-20(2)15-14-19(21)18-12-10-17(11-13-18)9-8-16-6-4-3-5-7-16/h3-7,10-15H,1-2H3. The highest BCUT2D eigenvalue weighted by molar-refractivity contribution is 6.04. The molecule has 0 saturated carbocycles. The first-order valence-electron chi connectivity index (χ1n) is 6.71. The molecule has 0 aliphatic heterocycles. The molecule has 2 aromatic rings. The monoisotopic (exact) mass is 275 g/mol. The van der Waals surface area contributed by atoms with Crippen molar-refractivity contribution in [3.8, 4) is 11.8 Å². The van der Waals surface area contributed by atoms with Crippen LogP contribution in [0.25, 0.3) is 0 Å². The predicted molar refractivity (Wildman–Crippen MR) is 86.0 cm³/mol. The number of carbonyl (C=O) groups is 1. The molecule has 0 radical (unpaired) electrons. The minimum absolute atomic E-state index is 0.00808. The Hall–Kier alpha value is -2.79. The summed E-state index contributed by atoms with van der Waals surface area (Å²) in [5.41, 5.74) is 2.54. The van der Waals surface area contributed by atoms with E-state index >= 15 is 0 Å². The minimum Gasteiger partial charge on any atom is -0.383 e. The van der Waals surface area contributed by atoms with Gasteiger partial charge in [0.25, 0.3) is 0 Å². The van der Waals surface area contributed by atoms with Crippen LogP contribution in [0, 0.1) is 11.8 Å². The van der Waals surface area contributed by atoms with Crippen molar-refractivity contribution >= 4 is 5.78 Å². The minimum atomic E-state index is -0.00808. The van der Waals surface area contributed by atoms with Crippen molar-refractivity contribution in [2.45, 2.75) is 0 Å². The first-order chi connectivity index (χ1) is 10.1. The van der Waals surface area contributed by atoms with Gasteiger partial charge in [0, 0.05) is 43.1 Å². The van der Waals surface area contributed by atoms with Gasteiger partial charge < -0.3 is 4.90 Å². The zero-order valence-electron chi connectivity index (χ0n) is 12.2. The maximum atomic E-state index is 11.9. The van der Waals surface area contributed by atoms with E-state index in [1.807, 2.05) is 61.5 Å². The number of ketones is 1. The summed E-state index contributed by atoms with van der Waals surface area (Å²) in [6, 6.07) is 17.2. The van der Waals surface area contributed by atoms with Crippen LogP contribution in [-0.2, 0) is 0 Å². The highest BCUT2D eigenvalue weighted by atomic mass is 16.1. The number of benzene rings is 2. The van der Waals surface area contributed by atoms with Crippen molar-refractivity contribution in [1.82, 2.24) is 4.90 Å². The van der Waals surface area contributed by atoms with Crippen molar-refractivity contribution in [1.29, 1.82) is 0 Å². The van der Waals surface area contributed by atoms with E-state index in [2.05, 4.69) is 11.8 Å². The van der Waals surface area contributed by atoms with Gasteiger partial charge >= 0.3 is 0 Å². The van der Waals surface area contributed by atoms with Crippen molar-refractivity contribution in [3.05, 3.63) is 83.6 Å². The molecule has 0 spiro atoms. The van der Waals surface area contributed by atoms with Gasteiger partial charge in [0.05, 0.1) is 0 Å². The second kappa shape index (κ2) is 7.12. The molecule has 104 valence electrons. The largest absolute Gasteiger partial charge is 0.383 e. The van der Waals surface area contributed by atoms with Gasteiger partial charge in [0.2, 0.25) is 0 Å². The fourth-order valence-corrected chi connectivity index (χ4v) is 1.70. The van der Waals surface area contributed by atoms with Gasteiger partial charge in [0.15, 0.2) is 5.78 Å². The van der Waals surface area contributed by atoms with E-state index in [4.69, 9.17) is 0 Å². The molecule has 2 nitrogen and oxygen atoms in total. The lowest BCUT2D eigenvalue weighted by atomic mass is 10.1. The summed E-state index contributed by atoms with van der Waals surface area (Å²) in [5.74, 6) is 6.18. The van der Waals surface area contributed by atoms with E-state index in [9.17, 15) is 4.79 Å². The van der Waals surface area contributed by atoms with Crippen LogP contribution < -0.4 is 0 Å². The third-order valence-corrected chi connectivity index (χ3v) is 2.82. The summed E-state index contributed by atoms with van der Waals surface area (Å²) in [6.45, 7) is 0. The van der Waals surface area contributed by atoms with Crippen LogP contribution in [0.1, 0.15) is 21.5 Å². The second-order valence-electron chi connectivity index (χ2n) is 4.84. The molecule has 0 unspecified atom stereocenters. The van der Waals surface area contributed by atoms with Crippen LogP contribution in [0.2, 0.25) is 0 Å². The van der Waals surface area contributed by atoms with Gasteiger partial charge in [-0.05, 0) is 36.4 Å². The van der Waals surface area contributed by atoms with E-state index in [0.29, 0.717) is 5.56 Å². The first kappa shape index (κ1) is 14.6. The van der Waals surface area contributed by atoms with E-state index in [1.165, 1.54) is 0 Å². The summed E-state index contributed by atoms with van der Waals surface area (Å²) in [7, 11) is 3.76. The maximum Gasteiger partial charge on any atom is 0.187 e. The molecule has 0 bridgehead atoms. The highest BCUT2D eigenvalue weighted by Gasteiger charge is 2.00. The molecule has 0 heterocycles. The highest BCUT2D eigenvalue weighted by Crippen LogP contribution is 2.06. The first-order valence-corrected chi connectivity index (χ1v) is 6.71. The Morgan fingerprint density at radius 3 is 2.05 bits per heavy atom. The number of nitrogens with zero attached hydrogens (tertiary/aromatic N) is 1. The molecular formula is C19H17NO. The van der Waals surface area contributed by atoms with Crippen LogP contribution in [0.4, 0.5) is 0 Å². The predicted octanol–water partition coefficient (Wildman–Crippen LogP) is 3.34. The lowest BCUT2D eigenvalue weighted by Gasteiger charge is -2.02. The van der Waals surface area contributed by atoms with Crippen molar-refractivity contribution in [2.24, 2.45) is 0 Å². The van der Waals surface area contributed by atoms with Crippen LogP contribution in [0.3, 0.4) is 0 Å². The quantitative estimate of drug-likeness (QED) is 0.486. The topological polar surface area (TPSA) is 20.3 Å². The van der Waals surface area contributed by atoms with Gasteiger partial charge in [-0.2, -0.15) is 0 Å². The lowest BCUT2D eigenvalue weighted by Crippen LogP contribution is -2.03. The molecule has 21 heavy (non-hydrogen) atoms. The number of allylic oxidation sites excluding steroid dienone is 1. The smallest absolute Gasteiger partial charge is 0.187 e. The average molecular weight is 275 g/mol. The lowest BCUT2D eigenvalue weighted by molar-refractivity contribution is 0.104. The number of hydrogen-bond acceptors (Lipinski definition) is 2. The van der Waals surface area contributed by atoms with E-state index in [1.54, 1.807) is 24.4 Å². The van der Waals surface area contributed by atoms with Crippen LogP contribution in [0.5, 0.6) is 0 Å². The van der Waals surface area contributed by atoms with Crippen LogP contribution in [0.15, 0.2) is 66.9 Å². The Labute approximate surface area is 125 Å².